The van der Waals surface area contributed by atoms with Crippen molar-refractivity contribution >= 4 is 17.6 Å². The molecule has 1 unspecified atom stereocenters. The van der Waals surface area contributed by atoms with Crippen LogP contribution in [-0.2, 0) is 4.79 Å². The Hall–Kier alpha value is -2.08. The smallest absolute Gasteiger partial charge is 0.335 e. The van der Waals surface area contributed by atoms with Crippen LogP contribution < -0.4 is 9.64 Å². The third-order valence-corrected chi connectivity index (χ3v) is 2.74. The van der Waals surface area contributed by atoms with Gasteiger partial charge in [-0.25, -0.2) is 4.79 Å². The van der Waals surface area contributed by atoms with Crippen LogP contribution in [0.25, 0.3) is 0 Å². The van der Waals surface area contributed by atoms with Crippen molar-refractivity contribution in [3.63, 3.8) is 0 Å². The van der Waals surface area contributed by atoms with Crippen LogP contribution in [0.3, 0.4) is 0 Å². The summed E-state index contributed by atoms with van der Waals surface area (Å²) in [5.41, 5.74) is 0.453. The number of aliphatic hydroxyl groups excluding tert-OH is 1. The molecule has 6 nitrogen and oxygen atoms in total. The number of carboxylic acids is 1. The lowest BCUT2D eigenvalue weighted by Gasteiger charge is -2.32. The summed E-state index contributed by atoms with van der Waals surface area (Å²) in [5.74, 6) is -0.924. The minimum Gasteiger partial charge on any atom is -0.479 e. The van der Waals surface area contributed by atoms with Crippen LogP contribution >= 0.6 is 0 Å². The number of aromatic carboxylic acids is 1. The van der Waals surface area contributed by atoms with E-state index in [0.29, 0.717) is 11.4 Å². The van der Waals surface area contributed by atoms with Gasteiger partial charge in [0.15, 0.2) is 6.10 Å². The highest BCUT2D eigenvalue weighted by Crippen LogP contribution is 2.34. The molecule has 1 aromatic rings. The molecule has 0 saturated heterocycles. The third kappa shape index (κ3) is 2.02. The van der Waals surface area contributed by atoms with Gasteiger partial charge in [-0.05, 0) is 25.1 Å². The average Bonchev–Trinajstić information content (AvgIpc) is 2.34. The fourth-order valence-corrected chi connectivity index (χ4v) is 1.87. The van der Waals surface area contributed by atoms with Crippen LogP contribution in [0.15, 0.2) is 18.2 Å². The minimum atomic E-state index is -1.08. The van der Waals surface area contributed by atoms with Gasteiger partial charge in [0, 0.05) is 6.54 Å². The molecule has 1 heterocycles. The molecule has 0 bridgehead atoms. The van der Waals surface area contributed by atoms with Crippen LogP contribution in [0, 0.1) is 0 Å². The molecule has 0 saturated carbocycles. The zero-order chi connectivity index (χ0) is 13.3. The van der Waals surface area contributed by atoms with Crippen LogP contribution in [0.1, 0.15) is 17.3 Å². The molecule has 1 aliphatic heterocycles. The van der Waals surface area contributed by atoms with E-state index in [9.17, 15) is 9.59 Å². The van der Waals surface area contributed by atoms with Gasteiger partial charge in [0.2, 0.25) is 0 Å². The van der Waals surface area contributed by atoms with Crippen LogP contribution in [0.4, 0.5) is 5.69 Å². The zero-order valence-corrected chi connectivity index (χ0v) is 9.79. The van der Waals surface area contributed by atoms with Crippen LogP contribution in [-0.4, -0.2) is 41.3 Å². The van der Waals surface area contributed by atoms with Gasteiger partial charge < -0.3 is 19.8 Å². The molecule has 96 valence electrons. The molecule has 0 radical (unpaired) electrons. The van der Waals surface area contributed by atoms with Crippen molar-refractivity contribution in [3.05, 3.63) is 23.8 Å². The quantitative estimate of drug-likeness (QED) is 0.816. The zero-order valence-electron chi connectivity index (χ0n) is 9.79. The van der Waals surface area contributed by atoms with E-state index < -0.39 is 12.1 Å². The Morgan fingerprint density at radius 2 is 2.22 bits per heavy atom. The second-order valence-corrected chi connectivity index (χ2v) is 3.96. The number of carbonyl (C=O) groups excluding carboxylic acids is 1. The molecule has 0 spiro atoms. The summed E-state index contributed by atoms with van der Waals surface area (Å²) >= 11 is 0. The molecule has 1 atom stereocenters. The summed E-state index contributed by atoms with van der Waals surface area (Å²) in [6, 6.07) is 4.31. The lowest BCUT2D eigenvalue weighted by Crippen LogP contribution is -2.45. The van der Waals surface area contributed by atoms with Crippen molar-refractivity contribution < 1.29 is 24.5 Å². The Bertz CT molecular complexity index is 499. The molecule has 1 aromatic carbocycles. The van der Waals surface area contributed by atoms with Crippen molar-refractivity contribution in [2.24, 2.45) is 0 Å². The van der Waals surface area contributed by atoms with Gasteiger partial charge in [-0.15, -0.1) is 0 Å². The van der Waals surface area contributed by atoms with Gasteiger partial charge in [-0.2, -0.15) is 0 Å². The fraction of sp³-hybridized carbons (Fsp3) is 0.333. The first-order valence-electron chi connectivity index (χ1n) is 5.51. The summed E-state index contributed by atoms with van der Waals surface area (Å²) < 4.78 is 5.39. The maximum atomic E-state index is 11.9. The first-order valence-corrected chi connectivity index (χ1v) is 5.51. The van der Waals surface area contributed by atoms with Gasteiger partial charge in [0.25, 0.3) is 5.91 Å². The van der Waals surface area contributed by atoms with E-state index in [0.717, 1.165) is 0 Å². The molecule has 1 aliphatic rings. The van der Waals surface area contributed by atoms with Crippen LogP contribution in [0.5, 0.6) is 5.75 Å². The molecule has 1 amide bonds. The van der Waals surface area contributed by atoms with Crippen molar-refractivity contribution in [1.82, 2.24) is 0 Å². The number of hydrogen-bond acceptors (Lipinski definition) is 4. The highest BCUT2D eigenvalue weighted by Gasteiger charge is 2.31. The van der Waals surface area contributed by atoms with Crippen molar-refractivity contribution in [2.45, 2.75) is 13.0 Å². The lowest BCUT2D eigenvalue weighted by atomic mass is 10.1. The SMILES string of the molecule is CC1Oc2ccc(C(=O)O)cc2N(CCO)C1=O. The van der Waals surface area contributed by atoms with E-state index in [1.165, 1.54) is 23.1 Å². The van der Waals surface area contributed by atoms with E-state index >= 15 is 0 Å². The second-order valence-electron chi connectivity index (χ2n) is 3.96. The van der Waals surface area contributed by atoms with Crippen molar-refractivity contribution in [3.8, 4) is 5.75 Å². The van der Waals surface area contributed by atoms with E-state index in [-0.39, 0.29) is 24.6 Å². The summed E-state index contributed by atoms with van der Waals surface area (Å²) in [7, 11) is 0. The Balaban J connectivity index is 2.48. The number of amides is 1. The number of nitrogens with zero attached hydrogens (tertiary/aromatic N) is 1. The number of β-amino-alcohol motifs (C(OH)–C–C–N with tert-alkyl or cyclic N) is 1. The minimum absolute atomic E-state index is 0.0719. The molecule has 6 heteroatoms. The number of carboxylic acid groups (broad SMARTS) is 1. The standard InChI is InChI=1S/C12H13NO5/c1-7-11(15)13(4-5-14)9-6-8(12(16)17)2-3-10(9)18-7/h2-3,6-7,14H,4-5H2,1H3,(H,16,17). The maximum Gasteiger partial charge on any atom is 0.335 e. The maximum absolute atomic E-state index is 11.9. The highest BCUT2D eigenvalue weighted by atomic mass is 16.5. The third-order valence-electron chi connectivity index (χ3n) is 2.74. The monoisotopic (exact) mass is 251 g/mol. The van der Waals surface area contributed by atoms with Crippen molar-refractivity contribution in [1.29, 1.82) is 0 Å². The topological polar surface area (TPSA) is 87.1 Å². The van der Waals surface area contributed by atoms with Crippen LogP contribution in [0.2, 0.25) is 0 Å². The van der Waals surface area contributed by atoms with Gasteiger partial charge in [-0.1, -0.05) is 0 Å². The van der Waals surface area contributed by atoms with E-state index in [1.807, 2.05) is 0 Å². The summed E-state index contributed by atoms with van der Waals surface area (Å²) in [6.45, 7) is 1.53. The average molecular weight is 251 g/mol. The molecular formula is C12H13NO5. The number of anilines is 1. The number of carbonyl (C=O) groups is 2. The summed E-state index contributed by atoms with van der Waals surface area (Å²) in [4.78, 5) is 24.1. The molecule has 0 fully saturated rings. The van der Waals surface area contributed by atoms with E-state index in [2.05, 4.69) is 0 Å². The number of rotatable bonds is 3. The molecule has 0 aliphatic carbocycles. The molecule has 2 N–H and O–H groups in total. The number of benzene rings is 1. The first-order chi connectivity index (χ1) is 8.54. The number of fused-ring (bicyclic) bond motifs is 1. The Morgan fingerprint density at radius 1 is 1.50 bits per heavy atom. The number of hydrogen-bond donors (Lipinski definition) is 2. The fourth-order valence-electron chi connectivity index (χ4n) is 1.87. The number of ether oxygens (including phenoxy) is 1. The van der Waals surface area contributed by atoms with E-state index in [1.54, 1.807) is 6.92 Å². The first kappa shape index (κ1) is 12.4. The molecule has 0 aromatic heterocycles. The predicted molar refractivity (Wildman–Crippen MR) is 62.9 cm³/mol. The second kappa shape index (κ2) is 4.66. The van der Waals surface area contributed by atoms with Crippen molar-refractivity contribution in [2.75, 3.05) is 18.1 Å². The summed E-state index contributed by atoms with van der Waals surface area (Å²) in [6.07, 6.45) is -0.639. The predicted octanol–water partition coefficient (Wildman–Crippen LogP) is 0.491. The Morgan fingerprint density at radius 3 is 2.83 bits per heavy atom. The normalized spacial score (nSPS) is 18.2. The van der Waals surface area contributed by atoms with Gasteiger partial charge in [-0.3, -0.25) is 4.79 Å². The largest absolute Gasteiger partial charge is 0.479 e. The Labute approximate surface area is 103 Å². The number of aliphatic hydroxyl groups is 1. The lowest BCUT2D eigenvalue weighted by molar-refractivity contribution is -0.125. The Kier molecular flexibility index (Phi) is 3.20. The van der Waals surface area contributed by atoms with E-state index in [4.69, 9.17) is 14.9 Å². The van der Waals surface area contributed by atoms with Gasteiger partial charge in [0.05, 0.1) is 17.9 Å². The van der Waals surface area contributed by atoms with Gasteiger partial charge in [0.1, 0.15) is 5.75 Å². The molecule has 2 rings (SSSR count). The molecule has 18 heavy (non-hydrogen) atoms. The highest BCUT2D eigenvalue weighted by molar-refractivity contribution is 6.01. The summed E-state index contributed by atoms with van der Waals surface area (Å²) in [5, 5.41) is 17.9. The van der Waals surface area contributed by atoms with Gasteiger partial charge >= 0.3 is 5.97 Å². The molecular weight excluding hydrogens is 238 g/mol.